The Kier molecular flexibility index (Phi) is 2.83. The van der Waals surface area contributed by atoms with E-state index in [-0.39, 0.29) is 12.1 Å². The fourth-order valence-corrected chi connectivity index (χ4v) is 0.888. The van der Waals surface area contributed by atoms with Crippen LogP contribution in [0, 0.1) is 0 Å². The average molecular weight is 181 g/mol. The van der Waals surface area contributed by atoms with Crippen molar-refractivity contribution in [3.05, 3.63) is 18.3 Å². The van der Waals surface area contributed by atoms with Crippen molar-refractivity contribution in [3.8, 4) is 0 Å². The van der Waals surface area contributed by atoms with Crippen LogP contribution >= 0.6 is 0 Å². The Hall–Kier alpha value is -1.16. The van der Waals surface area contributed by atoms with Crippen LogP contribution in [0.5, 0.6) is 0 Å². The summed E-state index contributed by atoms with van der Waals surface area (Å²) < 4.78 is 0. The van der Waals surface area contributed by atoms with Crippen molar-refractivity contribution in [1.82, 2.24) is 10.2 Å². The van der Waals surface area contributed by atoms with Gasteiger partial charge in [0.2, 0.25) is 0 Å². The highest BCUT2D eigenvalue weighted by molar-refractivity contribution is 5.38. The van der Waals surface area contributed by atoms with Gasteiger partial charge in [-0.15, -0.1) is 5.10 Å². The van der Waals surface area contributed by atoms with Crippen LogP contribution in [0.1, 0.15) is 13.8 Å². The van der Waals surface area contributed by atoms with Gasteiger partial charge < -0.3 is 10.0 Å². The molecule has 1 heterocycles. The van der Waals surface area contributed by atoms with Gasteiger partial charge in [0.15, 0.2) is 5.82 Å². The molecule has 0 aliphatic rings. The third-order valence-electron chi connectivity index (χ3n) is 2.20. The Morgan fingerprint density at radius 1 is 1.54 bits per heavy atom. The third kappa shape index (κ3) is 2.15. The van der Waals surface area contributed by atoms with E-state index in [0.29, 0.717) is 0 Å². The monoisotopic (exact) mass is 181 g/mol. The van der Waals surface area contributed by atoms with Gasteiger partial charge in [0.05, 0.1) is 12.1 Å². The molecular weight excluding hydrogens is 166 g/mol. The van der Waals surface area contributed by atoms with Gasteiger partial charge in [0, 0.05) is 13.2 Å². The summed E-state index contributed by atoms with van der Waals surface area (Å²) in [6.07, 6.45) is 1.63. The van der Waals surface area contributed by atoms with Gasteiger partial charge in [-0.05, 0) is 26.0 Å². The topological polar surface area (TPSA) is 49.2 Å². The minimum absolute atomic E-state index is 0.0834. The summed E-state index contributed by atoms with van der Waals surface area (Å²) in [7, 11) is 1.89. The van der Waals surface area contributed by atoms with E-state index in [1.165, 1.54) is 0 Å². The molecule has 0 fully saturated rings. The smallest absolute Gasteiger partial charge is 0.151 e. The molecule has 0 aromatic carbocycles. The molecule has 4 nitrogen and oxygen atoms in total. The van der Waals surface area contributed by atoms with Gasteiger partial charge >= 0.3 is 0 Å². The standard InChI is InChI=1S/C9H15N3O/c1-9(2,7-13)12(3)8-5-4-6-10-11-8/h4-6,13H,7H2,1-3H3. The lowest BCUT2D eigenvalue weighted by molar-refractivity contribution is 0.215. The van der Waals surface area contributed by atoms with E-state index in [2.05, 4.69) is 10.2 Å². The summed E-state index contributed by atoms with van der Waals surface area (Å²) in [5.41, 5.74) is -0.309. The summed E-state index contributed by atoms with van der Waals surface area (Å²) in [5.74, 6) is 0.765. The molecule has 0 atom stereocenters. The highest BCUT2D eigenvalue weighted by Gasteiger charge is 2.23. The highest BCUT2D eigenvalue weighted by Crippen LogP contribution is 2.17. The van der Waals surface area contributed by atoms with Crippen LogP contribution in [0.4, 0.5) is 5.82 Å². The largest absolute Gasteiger partial charge is 0.394 e. The summed E-state index contributed by atoms with van der Waals surface area (Å²) >= 11 is 0. The number of aliphatic hydroxyl groups excluding tert-OH is 1. The normalized spacial score (nSPS) is 11.4. The molecule has 4 heteroatoms. The lowest BCUT2D eigenvalue weighted by Gasteiger charge is -2.34. The molecule has 0 amide bonds. The van der Waals surface area contributed by atoms with Gasteiger partial charge in [0.1, 0.15) is 0 Å². The number of hydrogen-bond acceptors (Lipinski definition) is 4. The van der Waals surface area contributed by atoms with E-state index in [1.54, 1.807) is 6.20 Å². The molecule has 0 aliphatic carbocycles. The Morgan fingerprint density at radius 2 is 2.23 bits per heavy atom. The third-order valence-corrected chi connectivity index (χ3v) is 2.20. The lowest BCUT2D eigenvalue weighted by Crippen LogP contribution is -2.44. The number of aromatic nitrogens is 2. The lowest BCUT2D eigenvalue weighted by atomic mass is 10.1. The van der Waals surface area contributed by atoms with E-state index in [4.69, 9.17) is 5.11 Å². The predicted octanol–water partition coefficient (Wildman–Crippen LogP) is 0.684. The van der Waals surface area contributed by atoms with Crippen molar-refractivity contribution in [1.29, 1.82) is 0 Å². The maximum atomic E-state index is 9.14. The molecule has 1 rings (SSSR count). The molecule has 1 N–H and O–H groups in total. The van der Waals surface area contributed by atoms with E-state index in [9.17, 15) is 0 Å². The molecule has 0 bridgehead atoms. The molecule has 0 saturated carbocycles. The second-order valence-corrected chi connectivity index (χ2v) is 3.61. The summed E-state index contributed by atoms with van der Waals surface area (Å²) in [4.78, 5) is 1.90. The van der Waals surface area contributed by atoms with Crippen LogP contribution < -0.4 is 4.90 Å². The van der Waals surface area contributed by atoms with Gasteiger partial charge in [-0.3, -0.25) is 0 Å². The van der Waals surface area contributed by atoms with Crippen molar-refractivity contribution in [2.24, 2.45) is 0 Å². The second-order valence-electron chi connectivity index (χ2n) is 3.61. The molecule has 1 aromatic heterocycles. The molecule has 0 radical (unpaired) electrons. The molecule has 13 heavy (non-hydrogen) atoms. The van der Waals surface area contributed by atoms with E-state index >= 15 is 0 Å². The van der Waals surface area contributed by atoms with E-state index in [1.807, 2.05) is 37.9 Å². The first-order valence-electron chi connectivity index (χ1n) is 4.20. The zero-order valence-corrected chi connectivity index (χ0v) is 8.23. The molecule has 0 saturated heterocycles. The maximum absolute atomic E-state index is 9.14. The summed E-state index contributed by atoms with van der Waals surface area (Å²) in [5, 5.41) is 16.9. The average Bonchev–Trinajstić information content (AvgIpc) is 2.18. The van der Waals surface area contributed by atoms with Crippen LogP contribution in [0.15, 0.2) is 18.3 Å². The highest BCUT2D eigenvalue weighted by atomic mass is 16.3. The summed E-state index contributed by atoms with van der Waals surface area (Å²) in [6, 6.07) is 3.69. The fraction of sp³-hybridized carbons (Fsp3) is 0.556. The van der Waals surface area contributed by atoms with Crippen molar-refractivity contribution in [2.75, 3.05) is 18.6 Å². The number of likely N-dealkylation sites (N-methyl/N-ethyl adjacent to an activating group) is 1. The van der Waals surface area contributed by atoms with E-state index < -0.39 is 0 Å². The minimum Gasteiger partial charge on any atom is -0.394 e. The van der Waals surface area contributed by atoms with Crippen molar-refractivity contribution < 1.29 is 5.11 Å². The number of anilines is 1. The van der Waals surface area contributed by atoms with Crippen LogP contribution in [0.25, 0.3) is 0 Å². The minimum atomic E-state index is -0.309. The second kappa shape index (κ2) is 3.70. The predicted molar refractivity (Wildman–Crippen MR) is 51.6 cm³/mol. The molecule has 0 aliphatic heterocycles. The van der Waals surface area contributed by atoms with Crippen molar-refractivity contribution in [2.45, 2.75) is 19.4 Å². The van der Waals surface area contributed by atoms with Crippen LogP contribution in [0.2, 0.25) is 0 Å². The molecule has 72 valence electrons. The maximum Gasteiger partial charge on any atom is 0.151 e. The molecule has 1 aromatic rings. The summed E-state index contributed by atoms with van der Waals surface area (Å²) in [6.45, 7) is 3.98. The Morgan fingerprint density at radius 3 is 2.69 bits per heavy atom. The first-order valence-corrected chi connectivity index (χ1v) is 4.20. The molecule has 0 unspecified atom stereocenters. The van der Waals surface area contributed by atoms with Gasteiger partial charge in [-0.2, -0.15) is 5.10 Å². The van der Waals surface area contributed by atoms with Crippen LogP contribution in [-0.2, 0) is 0 Å². The molecule has 0 spiro atoms. The number of nitrogens with zero attached hydrogens (tertiary/aromatic N) is 3. The Bertz CT molecular complexity index is 261. The van der Waals surface area contributed by atoms with Gasteiger partial charge in [-0.25, -0.2) is 0 Å². The fourth-order valence-electron chi connectivity index (χ4n) is 0.888. The zero-order chi connectivity index (χ0) is 9.90. The van der Waals surface area contributed by atoms with E-state index in [0.717, 1.165) is 5.82 Å². The van der Waals surface area contributed by atoms with Gasteiger partial charge in [0.25, 0.3) is 0 Å². The van der Waals surface area contributed by atoms with Crippen LogP contribution in [0.3, 0.4) is 0 Å². The number of hydrogen-bond donors (Lipinski definition) is 1. The number of aliphatic hydroxyl groups is 1. The first-order chi connectivity index (χ1) is 6.08. The molecular formula is C9H15N3O. The quantitative estimate of drug-likeness (QED) is 0.745. The van der Waals surface area contributed by atoms with Crippen molar-refractivity contribution >= 4 is 5.82 Å². The van der Waals surface area contributed by atoms with Crippen molar-refractivity contribution in [3.63, 3.8) is 0 Å². The Labute approximate surface area is 78.2 Å². The first kappa shape index (κ1) is 9.92. The SMILES string of the molecule is CN(c1cccnn1)C(C)(C)CO. The zero-order valence-electron chi connectivity index (χ0n) is 8.23. The van der Waals surface area contributed by atoms with Gasteiger partial charge in [-0.1, -0.05) is 0 Å². The number of rotatable bonds is 3. The Balaban J connectivity index is 2.85. The van der Waals surface area contributed by atoms with Crippen LogP contribution in [-0.4, -0.2) is 34.5 Å².